The fourth-order valence-corrected chi connectivity index (χ4v) is 4.29. The summed E-state index contributed by atoms with van der Waals surface area (Å²) >= 11 is 1.34. The number of halogens is 6. The molecule has 0 aliphatic carbocycles. The Morgan fingerprint density at radius 2 is 1.81 bits per heavy atom. The Morgan fingerprint density at radius 1 is 1.10 bits per heavy atom. The number of nitrogens with zero attached hydrogens (tertiary/aromatic N) is 3. The molecule has 0 bridgehead atoms. The molecular formula is C19H13F6N3O2S. The molecule has 12 heteroatoms. The molecule has 0 N–H and O–H groups in total. The van der Waals surface area contributed by atoms with Gasteiger partial charge < -0.3 is 9.42 Å². The van der Waals surface area contributed by atoms with Gasteiger partial charge in [-0.05, 0) is 29.7 Å². The van der Waals surface area contributed by atoms with E-state index in [1.165, 1.54) is 28.4 Å². The summed E-state index contributed by atoms with van der Waals surface area (Å²) in [5.74, 6) is -1.96. The molecule has 0 saturated carbocycles. The molecule has 4 rings (SSSR count). The number of hydrogen-bond acceptors (Lipinski definition) is 5. The highest BCUT2D eigenvalue weighted by Gasteiger charge is 2.39. The number of amides is 1. The normalized spacial score (nSPS) is 14.6. The van der Waals surface area contributed by atoms with E-state index in [0.717, 1.165) is 17.0 Å². The van der Waals surface area contributed by atoms with Crippen LogP contribution < -0.4 is 0 Å². The molecule has 2 aromatic heterocycles. The van der Waals surface area contributed by atoms with Crippen LogP contribution >= 0.6 is 11.3 Å². The number of fused-ring (bicyclic) bond motifs is 1. The highest BCUT2D eigenvalue weighted by atomic mass is 32.1. The van der Waals surface area contributed by atoms with Crippen molar-refractivity contribution in [2.24, 2.45) is 0 Å². The topological polar surface area (TPSA) is 59.2 Å². The smallest absolute Gasteiger partial charge is 0.338 e. The second-order valence-corrected chi connectivity index (χ2v) is 7.87. The van der Waals surface area contributed by atoms with Crippen LogP contribution in [-0.4, -0.2) is 27.5 Å². The minimum absolute atomic E-state index is 0.0899. The van der Waals surface area contributed by atoms with E-state index in [9.17, 15) is 31.1 Å². The molecule has 164 valence electrons. The van der Waals surface area contributed by atoms with Crippen LogP contribution in [0.4, 0.5) is 26.3 Å². The number of hydrogen-bond donors (Lipinski definition) is 0. The van der Waals surface area contributed by atoms with Gasteiger partial charge in [-0.2, -0.15) is 31.3 Å². The first-order chi connectivity index (χ1) is 14.5. The van der Waals surface area contributed by atoms with Crippen molar-refractivity contribution in [2.75, 3.05) is 6.54 Å². The largest absolute Gasteiger partial charge is 0.471 e. The van der Waals surface area contributed by atoms with Gasteiger partial charge in [0.25, 0.3) is 0 Å². The molecule has 1 aliphatic rings. The molecule has 0 saturated heterocycles. The van der Waals surface area contributed by atoms with Crippen LogP contribution in [0.15, 0.2) is 34.2 Å². The fourth-order valence-electron chi connectivity index (χ4n) is 3.26. The van der Waals surface area contributed by atoms with Crippen LogP contribution in [0.3, 0.4) is 0 Å². The Bertz CT molecular complexity index is 1100. The second-order valence-electron chi connectivity index (χ2n) is 6.91. The molecular weight excluding hydrogens is 448 g/mol. The molecule has 0 radical (unpaired) electrons. The Hall–Kier alpha value is -2.89. The Kier molecular flexibility index (Phi) is 5.28. The number of aromatic nitrogens is 2. The predicted molar refractivity (Wildman–Crippen MR) is 96.9 cm³/mol. The zero-order chi connectivity index (χ0) is 22.4. The molecule has 0 fully saturated rings. The van der Waals surface area contributed by atoms with E-state index >= 15 is 0 Å². The average Bonchev–Trinajstić information content (AvgIpc) is 3.34. The van der Waals surface area contributed by atoms with E-state index in [-0.39, 0.29) is 24.7 Å². The van der Waals surface area contributed by atoms with Gasteiger partial charge in [-0.3, -0.25) is 4.79 Å². The van der Waals surface area contributed by atoms with Crippen LogP contribution in [0.1, 0.15) is 27.5 Å². The zero-order valence-corrected chi connectivity index (χ0v) is 16.4. The lowest BCUT2D eigenvalue weighted by Crippen LogP contribution is -2.36. The number of alkyl halides is 6. The van der Waals surface area contributed by atoms with Crippen molar-refractivity contribution in [1.82, 2.24) is 15.0 Å². The highest BCUT2D eigenvalue weighted by Crippen LogP contribution is 2.36. The van der Waals surface area contributed by atoms with Gasteiger partial charge in [-0.25, -0.2) is 0 Å². The monoisotopic (exact) mass is 461 g/mol. The average molecular weight is 461 g/mol. The summed E-state index contributed by atoms with van der Waals surface area (Å²) in [5, 5.41) is 5.03. The lowest BCUT2D eigenvalue weighted by atomic mass is 10.0. The molecule has 5 nitrogen and oxygen atoms in total. The number of benzene rings is 1. The standard InChI is InChI=1S/C19H13F6N3O2S/c20-18(21,22)11-3-1-10(2-4-11)7-15(29)28-6-5-14-12(8-28)13(9-31-14)16-26-17(30-27-16)19(23,24)25/h1-4,9H,5-8H2. The van der Waals surface area contributed by atoms with Gasteiger partial charge in [0, 0.05) is 28.9 Å². The molecule has 1 amide bonds. The summed E-state index contributed by atoms with van der Waals surface area (Å²) in [6.45, 7) is 0.538. The molecule has 31 heavy (non-hydrogen) atoms. The lowest BCUT2D eigenvalue weighted by Gasteiger charge is -2.27. The summed E-state index contributed by atoms with van der Waals surface area (Å²) in [6.07, 6.45) is -8.80. The number of carbonyl (C=O) groups is 1. The van der Waals surface area contributed by atoms with Crippen molar-refractivity contribution in [1.29, 1.82) is 0 Å². The molecule has 0 atom stereocenters. The first-order valence-corrected chi connectivity index (χ1v) is 9.85. The van der Waals surface area contributed by atoms with Crippen LogP contribution in [0.5, 0.6) is 0 Å². The molecule has 0 unspecified atom stereocenters. The minimum atomic E-state index is -4.76. The Labute approximate surface area is 175 Å². The summed E-state index contributed by atoms with van der Waals surface area (Å²) in [6, 6.07) is 4.35. The SMILES string of the molecule is O=C(Cc1ccc(C(F)(F)F)cc1)N1CCc2scc(-c3noc(C(F)(F)F)n3)c2C1. The number of thiophene rings is 1. The van der Waals surface area contributed by atoms with Crippen LogP contribution in [0, 0.1) is 0 Å². The van der Waals surface area contributed by atoms with Crippen LogP contribution in [0.2, 0.25) is 0 Å². The summed E-state index contributed by atoms with van der Waals surface area (Å²) in [4.78, 5) is 18.5. The number of rotatable bonds is 3. The third-order valence-corrected chi connectivity index (χ3v) is 5.93. The van der Waals surface area contributed by atoms with E-state index in [0.29, 0.717) is 29.7 Å². The van der Waals surface area contributed by atoms with Gasteiger partial charge in [0.15, 0.2) is 0 Å². The molecule has 1 aliphatic heterocycles. The van der Waals surface area contributed by atoms with E-state index in [4.69, 9.17) is 0 Å². The van der Waals surface area contributed by atoms with Crippen LogP contribution in [0.25, 0.3) is 11.4 Å². The predicted octanol–water partition coefficient (Wildman–Crippen LogP) is 4.96. The maximum Gasteiger partial charge on any atom is 0.471 e. The summed E-state index contributed by atoms with van der Waals surface area (Å²) < 4.78 is 80.5. The maximum atomic E-state index is 12.7. The molecule has 3 heterocycles. The van der Waals surface area contributed by atoms with Crippen molar-refractivity contribution in [3.05, 3.63) is 57.1 Å². The molecule has 3 aromatic rings. The maximum absolute atomic E-state index is 12.7. The lowest BCUT2D eigenvalue weighted by molar-refractivity contribution is -0.159. The number of carbonyl (C=O) groups excluding carboxylic acids is 1. The van der Waals surface area contributed by atoms with Gasteiger partial charge in [0.05, 0.1) is 12.0 Å². The van der Waals surface area contributed by atoms with Crippen molar-refractivity contribution in [2.45, 2.75) is 31.7 Å². The van der Waals surface area contributed by atoms with Crippen molar-refractivity contribution < 1.29 is 35.7 Å². The van der Waals surface area contributed by atoms with Crippen molar-refractivity contribution >= 4 is 17.2 Å². The summed E-state index contributed by atoms with van der Waals surface area (Å²) in [5.41, 5.74) is 0.646. The van der Waals surface area contributed by atoms with Crippen molar-refractivity contribution in [3.63, 3.8) is 0 Å². The fraction of sp³-hybridized carbons (Fsp3) is 0.316. The van der Waals surface area contributed by atoms with E-state index in [2.05, 4.69) is 14.7 Å². The Morgan fingerprint density at radius 3 is 2.42 bits per heavy atom. The van der Waals surface area contributed by atoms with Gasteiger partial charge >= 0.3 is 18.2 Å². The second kappa shape index (κ2) is 7.66. The zero-order valence-electron chi connectivity index (χ0n) is 15.5. The van der Waals surface area contributed by atoms with Gasteiger partial charge in [-0.15, -0.1) is 11.3 Å². The van der Waals surface area contributed by atoms with Gasteiger partial charge in [-0.1, -0.05) is 17.3 Å². The summed E-state index contributed by atoms with van der Waals surface area (Å²) in [7, 11) is 0. The highest BCUT2D eigenvalue weighted by molar-refractivity contribution is 7.10. The van der Waals surface area contributed by atoms with Crippen LogP contribution in [-0.2, 0) is 36.5 Å². The van der Waals surface area contributed by atoms with E-state index in [1.54, 1.807) is 5.38 Å². The third-order valence-electron chi connectivity index (χ3n) is 4.84. The first-order valence-electron chi connectivity index (χ1n) is 8.97. The van der Waals surface area contributed by atoms with Gasteiger partial charge in [0.1, 0.15) is 0 Å². The first kappa shape index (κ1) is 21.3. The molecule has 1 aromatic carbocycles. The third kappa shape index (κ3) is 4.43. The van der Waals surface area contributed by atoms with E-state index < -0.39 is 23.8 Å². The van der Waals surface area contributed by atoms with Crippen molar-refractivity contribution in [3.8, 4) is 11.4 Å². The molecule has 0 spiro atoms. The quantitative estimate of drug-likeness (QED) is 0.518. The Balaban J connectivity index is 1.49. The minimum Gasteiger partial charge on any atom is -0.338 e. The van der Waals surface area contributed by atoms with Gasteiger partial charge in [0.2, 0.25) is 11.7 Å². The van der Waals surface area contributed by atoms with E-state index in [1.807, 2.05) is 0 Å².